The summed E-state index contributed by atoms with van der Waals surface area (Å²) in [6.07, 6.45) is 0.100. The molecular formula is C21H26N2O4S. The third-order valence-corrected chi connectivity index (χ3v) is 5.70. The molecule has 0 heterocycles. The molecular weight excluding hydrogens is 376 g/mol. The van der Waals surface area contributed by atoms with Crippen molar-refractivity contribution < 1.29 is 19.2 Å². The maximum Gasteiger partial charge on any atom is 0.119 e. The van der Waals surface area contributed by atoms with Gasteiger partial charge >= 0.3 is 0 Å². The summed E-state index contributed by atoms with van der Waals surface area (Å²) in [5, 5.41) is 28.3. The van der Waals surface area contributed by atoms with E-state index in [9.17, 15) is 14.4 Å². The van der Waals surface area contributed by atoms with Crippen LogP contribution in [-0.4, -0.2) is 57.4 Å². The largest absolute Gasteiger partial charge is 0.508 e. The van der Waals surface area contributed by atoms with Crippen LogP contribution >= 0.6 is 0 Å². The molecule has 2 atom stereocenters. The van der Waals surface area contributed by atoms with Gasteiger partial charge in [-0.25, -0.2) is 0 Å². The van der Waals surface area contributed by atoms with E-state index in [1.54, 1.807) is 36.4 Å². The summed E-state index contributed by atoms with van der Waals surface area (Å²) in [6.45, 7) is 4.17. The van der Waals surface area contributed by atoms with Gasteiger partial charge in [0.15, 0.2) is 0 Å². The number of rotatable bonds is 11. The standard InChI is InChI=1S/C21H26N2O4S/c1-2-23(12-3-13-28(26)21-10-6-18(24)7-11-21)15-19(25)16-27-20-8-4-17(14-22)5-9-20/h4-11,19,24-25H,2-3,12-13,15-16H2,1H3. The fourth-order valence-electron chi connectivity index (χ4n) is 2.68. The van der Waals surface area contributed by atoms with Crippen LogP contribution in [0, 0.1) is 11.3 Å². The molecule has 2 rings (SSSR count). The fraction of sp³-hybridized carbons (Fsp3) is 0.381. The molecule has 6 nitrogen and oxygen atoms in total. The molecule has 0 spiro atoms. The Morgan fingerprint density at radius 2 is 1.86 bits per heavy atom. The molecule has 28 heavy (non-hydrogen) atoms. The van der Waals surface area contributed by atoms with Crippen molar-refractivity contribution in [1.29, 1.82) is 5.26 Å². The molecule has 0 aliphatic rings. The third kappa shape index (κ3) is 7.31. The second-order valence-electron chi connectivity index (χ2n) is 6.39. The van der Waals surface area contributed by atoms with Crippen LogP contribution in [0.25, 0.3) is 0 Å². The molecule has 2 aromatic carbocycles. The minimum absolute atomic E-state index is 0.162. The van der Waals surface area contributed by atoms with E-state index >= 15 is 0 Å². The minimum atomic E-state index is -1.10. The van der Waals surface area contributed by atoms with Crippen molar-refractivity contribution in [3.05, 3.63) is 54.1 Å². The van der Waals surface area contributed by atoms with Crippen LogP contribution in [0.15, 0.2) is 53.4 Å². The lowest BCUT2D eigenvalue weighted by Gasteiger charge is -2.23. The van der Waals surface area contributed by atoms with Gasteiger partial charge in [-0.1, -0.05) is 6.92 Å². The Morgan fingerprint density at radius 1 is 1.18 bits per heavy atom. The summed E-state index contributed by atoms with van der Waals surface area (Å²) >= 11 is 0. The number of aliphatic hydroxyl groups is 1. The highest BCUT2D eigenvalue weighted by molar-refractivity contribution is 7.85. The lowest BCUT2D eigenvalue weighted by Crippen LogP contribution is -2.36. The summed E-state index contributed by atoms with van der Waals surface area (Å²) in [7, 11) is -1.10. The SMILES string of the molecule is CCN(CCCS(=O)c1ccc(O)cc1)CC(O)COc1ccc(C#N)cc1. The van der Waals surface area contributed by atoms with Crippen LogP contribution in [0.3, 0.4) is 0 Å². The molecule has 2 unspecified atom stereocenters. The first-order valence-corrected chi connectivity index (χ1v) is 10.5. The second kappa shape index (κ2) is 11.4. The normalized spacial score (nSPS) is 13.1. The highest BCUT2D eigenvalue weighted by Gasteiger charge is 2.12. The number of hydrogen-bond donors (Lipinski definition) is 2. The van der Waals surface area contributed by atoms with Gasteiger partial charge in [0.1, 0.15) is 24.2 Å². The van der Waals surface area contributed by atoms with Crippen LogP contribution in [0.5, 0.6) is 11.5 Å². The quantitative estimate of drug-likeness (QED) is 0.600. The molecule has 0 radical (unpaired) electrons. The zero-order chi connectivity index (χ0) is 20.4. The van der Waals surface area contributed by atoms with Gasteiger partial charge in [0.2, 0.25) is 0 Å². The molecule has 0 aliphatic heterocycles. The van der Waals surface area contributed by atoms with Crippen molar-refractivity contribution in [3.63, 3.8) is 0 Å². The second-order valence-corrected chi connectivity index (χ2v) is 7.96. The van der Waals surface area contributed by atoms with E-state index in [0.29, 0.717) is 28.5 Å². The van der Waals surface area contributed by atoms with Crippen molar-refractivity contribution in [2.45, 2.75) is 24.3 Å². The Bertz CT molecular complexity index is 788. The van der Waals surface area contributed by atoms with E-state index in [1.165, 1.54) is 12.1 Å². The summed E-state index contributed by atoms with van der Waals surface area (Å²) in [6, 6.07) is 15.2. The average molecular weight is 403 g/mol. The van der Waals surface area contributed by atoms with E-state index in [-0.39, 0.29) is 12.4 Å². The molecule has 2 aromatic rings. The number of nitrogens with zero attached hydrogens (tertiary/aromatic N) is 2. The predicted molar refractivity (Wildman–Crippen MR) is 109 cm³/mol. The average Bonchev–Trinajstić information content (AvgIpc) is 2.72. The summed E-state index contributed by atoms with van der Waals surface area (Å²) in [5.74, 6) is 1.31. The molecule has 0 amide bonds. The van der Waals surface area contributed by atoms with Gasteiger partial charge in [0, 0.05) is 17.2 Å². The molecule has 0 saturated heterocycles. The van der Waals surface area contributed by atoms with E-state index in [1.807, 2.05) is 13.0 Å². The molecule has 0 aliphatic carbocycles. The number of benzene rings is 2. The third-order valence-electron chi connectivity index (χ3n) is 4.25. The Labute approximate surface area is 168 Å². The zero-order valence-electron chi connectivity index (χ0n) is 16.0. The number of likely N-dealkylation sites (N-methyl/N-ethyl adjacent to an activating group) is 1. The van der Waals surface area contributed by atoms with Crippen molar-refractivity contribution >= 4 is 10.8 Å². The topological polar surface area (TPSA) is 93.8 Å². The number of ether oxygens (including phenoxy) is 1. The Balaban J connectivity index is 1.71. The number of nitriles is 1. The lowest BCUT2D eigenvalue weighted by atomic mass is 10.2. The highest BCUT2D eigenvalue weighted by Crippen LogP contribution is 2.14. The number of aliphatic hydroxyl groups excluding tert-OH is 1. The van der Waals surface area contributed by atoms with Crippen molar-refractivity contribution in [2.24, 2.45) is 0 Å². The van der Waals surface area contributed by atoms with Crippen LogP contribution in [0.4, 0.5) is 0 Å². The maximum absolute atomic E-state index is 12.3. The van der Waals surface area contributed by atoms with Crippen LogP contribution < -0.4 is 4.74 Å². The molecule has 2 N–H and O–H groups in total. The number of phenolic OH excluding ortho intramolecular Hbond substituents is 1. The molecule has 0 fully saturated rings. The summed E-state index contributed by atoms with van der Waals surface area (Å²) in [4.78, 5) is 2.80. The Hall–Kier alpha value is -2.40. The van der Waals surface area contributed by atoms with Crippen molar-refractivity contribution in [3.8, 4) is 17.6 Å². The minimum Gasteiger partial charge on any atom is -0.508 e. The van der Waals surface area contributed by atoms with E-state index in [0.717, 1.165) is 19.5 Å². The molecule has 0 saturated carbocycles. The first kappa shape index (κ1) is 21.9. The smallest absolute Gasteiger partial charge is 0.119 e. The van der Waals surface area contributed by atoms with Crippen molar-refractivity contribution in [2.75, 3.05) is 32.0 Å². The fourth-order valence-corrected chi connectivity index (χ4v) is 3.75. The Kier molecular flexibility index (Phi) is 8.95. The lowest BCUT2D eigenvalue weighted by molar-refractivity contribution is 0.0700. The predicted octanol–water partition coefficient (Wildman–Crippen LogP) is 2.52. The van der Waals surface area contributed by atoms with Gasteiger partial charge in [-0.3, -0.25) is 4.21 Å². The molecule has 0 bridgehead atoms. The summed E-state index contributed by atoms with van der Waals surface area (Å²) in [5.41, 5.74) is 0.565. The van der Waals surface area contributed by atoms with Crippen LogP contribution in [0.1, 0.15) is 18.9 Å². The van der Waals surface area contributed by atoms with Crippen LogP contribution in [-0.2, 0) is 10.8 Å². The molecule has 150 valence electrons. The first-order chi connectivity index (χ1) is 13.5. The van der Waals surface area contributed by atoms with E-state index in [2.05, 4.69) is 4.90 Å². The molecule has 7 heteroatoms. The van der Waals surface area contributed by atoms with Gasteiger partial charge in [0.25, 0.3) is 0 Å². The number of phenols is 1. The highest BCUT2D eigenvalue weighted by atomic mass is 32.2. The van der Waals surface area contributed by atoms with Gasteiger partial charge < -0.3 is 19.8 Å². The maximum atomic E-state index is 12.3. The van der Waals surface area contributed by atoms with E-state index < -0.39 is 16.9 Å². The number of aromatic hydroxyl groups is 1. The van der Waals surface area contributed by atoms with Gasteiger partial charge in [-0.2, -0.15) is 5.26 Å². The first-order valence-electron chi connectivity index (χ1n) is 9.22. The molecule has 0 aromatic heterocycles. The summed E-state index contributed by atoms with van der Waals surface area (Å²) < 4.78 is 17.8. The number of hydrogen-bond acceptors (Lipinski definition) is 6. The van der Waals surface area contributed by atoms with Gasteiger partial charge in [0.05, 0.1) is 22.4 Å². The Morgan fingerprint density at radius 3 is 2.46 bits per heavy atom. The zero-order valence-corrected chi connectivity index (χ0v) is 16.8. The monoisotopic (exact) mass is 402 g/mol. The van der Waals surface area contributed by atoms with Gasteiger partial charge in [-0.15, -0.1) is 0 Å². The van der Waals surface area contributed by atoms with E-state index in [4.69, 9.17) is 10.00 Å². The van der Waals surface area contributed by atoms with Crippen molar-refractivity contribution in [1.82, 2.24) is 4.90 Å². The van der Waals surface area contributed by atoms with Gasteiger partial charge in [-0.05, 0) is 68.0 Å². The van der Waals surface area contributed by atoms with Crippen LogP contribution in [0.2, 0.25) is 0 Å².